The van der Waals surface area contributed by atoms with E-state index in [2.05, 4.69) is 23.2 Å². The topological polar surface area (TPSA) is 39.1 Å². The van der Waals surface area contributed by atoms with Crippen LogP contribution in [0.3, 0.4) is 0 Å². The summed E-state index contributed by atoms with van der Waals surface area (Å²) in [5.74, 6) is -0.259. The molecule has 1 N–H and O–H groups in total. The van der Waals surface area contributed by atoms with Crippen molar-refractivity contribution in [3.63, 3.8) is 0 Å². The van der Waals surface area contributed by atoms with Gasteiger partial charge in [0.25, 0.3) is 0 Å². The van der Waals surface area contributed by atoms with E-state index in [9.17, 15) is 9.65 Å². The lowest BCUT2D eigenvalue weighted by Crippen LogP contribution is -2.48. The lowest BCUT2D eigenvalue weighted by atomic mass is 9.97. The number of rotatable bonds is 4. The molecule has 2 unspecified atom stereocenters. The second kappa shape index (κ2) is 6.13. The predicted octanol–water partition coefficient (Wildman–Crippen LogP) is 2.80. The molecule has 1 aromatic carbocycles. The third-order valence-electron chi connectivity index (χ3n) is 4.93. The van der Waals surface area contributed by atoms with Crippen LogP contribution >= 0.6 is 0 Å². The molecule has 0 saturated carbocycles. The highest BCUT2D eigenvalue weighted by Gasteiger charge is 2.35. The maximum Gasteiger partial charge on any atom is 0.123 e. The van der Waals surface area contributed by atoms with Crippen molar-refractivity contribution in [3.8, 4) is 6.07 Å². The average Bonchev–Trinajstić information content (AvgIpc) is 2.83. The molecule has 2 aliphatic heterocycles. The van der Waals surface area contributed by atoms with Crippen molar-refractivity contribution in [2.75, 3.05) is 6.54 Å². The number of nitrogens with zero attached hydrogens (tertiary/aromatic N) is 2. The van der Waals surface area contributed by atoms with Gasteiger partial charge in [-0.2, -0.15) is 5.26 Å². The first-order chi connectivity index (χ1) is 10.2. The van der Waals surface area contributed by atoms with Gasteiger partial charge in [-0.05, 0) is 56.0 Å². The Hall–Kier alpha value is -1.44. The van der Waals surface area contributed by atoms with Crippen molar-refractivity contribution in [1.29, 1.82) is 5.26 Å². The third kappa shape index (κ3) is 3.09. The van der Waals surface area contributed by atoms with Crippen LogP contribution < -0.4 is 5.32 Å². The van der Waals surface area contributed by atoms with Crippen LogP contribution in [0.1, 0.15) is 43.7 Å². The number of benzene rings is 1. The molecule has 112 valence electrons. The van der Waals surface area contributed by atoms with Crippen LogP contribution in [0.5, 0.6) is 0 Å². The quantitative estimate of drug-likeness (QED) is 0.925. The highest BCUT2D eigenvalue weighted by molar-refractivity contribution is 5.37. The van der Waals surface area contributed by atoms with Gasteiger partial charge in [0.05, 0.1) is 11.6 Å². The fourth-order valence-corrected chi connectivity index (χ4v) is 3.85. The fraction of sp³-hybridized carbons (Fsp3) is 0.588. The zero-order valence-electron chi connectivity index (χ0n) is 12.5. The molecule has 2 saturated heterocycles. The summed E-state index contributed by atoms with van der Waals surface area (Å²) in [7, 11) is 0. The van der Waals surface area contributed by atoms with Gasteiger partial charge in [-0.1, -0.05) is 6.92 Å². The Labute approximate surface area is 125 Å². The van der Waals surface area contributed by atoms with Crippen molar-refractivity contribution in [2.45, 2.75) is 57.3 Å². The SMILES string of the molecule is CCN(Cc1cc(F)ccc1C#N)C1CC2CCC(C1)N2. The predicted molar refractivity (Wildman–Crippen MR) is 80.2 cm³/mol. The number of halogens is 1. The maximum absolute atomic E-state index is 13.5. The molecule has 3 rings (SSSR count). The van der Waals surface area contributed by atoms with Crippen LogP contribution in [-0.2, 0) is 6.54 Å². The second-order valence-corrected chi connectivity index (χ2v) is 6.24. The minimum Gasteiger partial charge on any atom is -0.311 e. The molecule has 3 nitrogen and oxygen atoms in total. The van der Waals surface area contributed by atoms with Crippen molar-refractivity contribution in [1.82, 2.24) is 10.2 Å². The Morgan fingerprint density at radius 2 is 2.05 bits per heavy atom. The number of hydrogen-bond donors (Lipinski definition) is 1. The number of piperidine rings is 1. The van der Waals surface area contributed by atoms with Crippen LogP contribution in [0.15, 0.2) is 18.2 Å². The summed E-state index contributed by atoms with van der Waals surface area (Å²) in [6, 6.07) is 8.48. The molecule has 0 amide bonds. The molecule has 0 radical (unpaired) electrons. The summed E-state index contributed by atoms with van der Waals surface area (Å²) in [5, 5.41) is 12.9. The molecule has 4 heteroatoms. The molecule has 0 aliphatic carbocycles. The van der Waals surface area contributed by atoms with Crippen molar-refractivity contribution in [2.24, 2.45) is 0 Å². The van der Waals surface area contributed by atoms with E-state index in [0.29, 0.717) is 30.2 Å². The van der Waals surface area contributed by atoms with Crippen LogP contribution in [0, 0.1) is 17.1 Å². The fourth-order valence-electron chi connectivity index (χ4n) is 3.85. The van der Waals surface area contributed by atoms with E-state index in [1.54, 1.807) is 6.07 Å². The summed E-state index contributed by atoms with van der Waals surface area (Å²) in [6.45, 7) is 3.75. The van der Waals surface area contributed by atoms with E-state index in [-0.39, 0.29) is 5.82 Å². The highest BCUT2D eigenvalue weighted by Crippen LogP contribution is 2.30. The summed E-state index contributed by atoms with van der Waals surface area (Å²) in [4.78, 5) is 2.40. The van der Waals surface area contributed by atoms with E-state index < -0.39 is 0 Å². The normalized spacial score (nSPS) is 27.8. The number of nitriles is 1. The van der Waals surface area contributed by atoms with Gasteiger partial charge in [0.1, 0.15) is 5.82 Å². The van der Waals surface area contributed by atoms with E-state index in [1.165, 1.54) is 37.8 Å². The van der Waals surface area contributed by atoms with Gasteiger partial charge in [0.2, 0.25) is 0 Å². The number of nitrogens with one attached hydrogen (secondary N) is 1. The lowest BCUT2D eigenvalue weighted by molar-refractivity contribution is 0.140. The lowest BCUT2D eigenvalue weighted by Gasteiger charge is -2.37. The van der Waals surface area contributed by atoms with E-state index in [0.717, 1.165) is 12.1 Å². The minimum absolute atomic E-state index is 0.259. The van der Waals surface area contributed by atoms with Crippen molar-refractivity contribution < 1.29 is 4.39 Å². The standard InChI is InChI=1S/C17H22FN3/c1-2-21(17-8-15-5-6-16(9-17)20-15)11-13-7-14(18)4-3-12(13)10-19/h3-4,7,15-17,20H,2,5-6,8-9,11H2,1H3. The molecule has 0 aromatic heterocycles. The smallest absolute Gasteiger partial charge is 0.123 e. The summed E-state index contributed by atoms with van der Waals surface area (Å²) in [5.41, 5.74) is 1.40. The van der Waals surface area contributed by atoms with Crippen LogP contribution in [0.2, 0.25) is 0 Å². The monoisotopic (exact) mass is 287 g/mol. The Kier molecular flexibility index (Phi) is 4.23. The van der Waals surface area contributed by atoms with Crippen molar-refractivity contribution >= 4 is 0 Å². The van der Waals surface area contributed by atoms with Gasteiger partial charge in [-0.15, -0.1) is 0 Å². The van der Waals surface area contributed by atoms with Gasteiger partial charge in [-0.25, -0.2) is 4.39 Å². The van der Waals surface area contributed by atoms with Gasteiger partial charge in [0, 0.05) is 24.7 Å². The molecule has 2 heterocycles. The average molecular weight is 287 g/mol. The highest BCUT2D eigenvalue weighted by atomic mass is 19.1. The Morgan fingerprint density at radius 1 is 1.33 bits per heavy atom. The first kappa shape index (κ1) is 14.5. The van der Waals surface area contributed by atoms with E-state index >= 15 is 0 Å². The van der Waals surface area contributed by atoms with Gasteiger partial charge in [0.15, 0.2) is 0 Å². The first-order valence-corrected chi connectivity index (χ1v) is 7.88. The summed E-state index contributed by atoms with van der Waals surface area (Å²) >= 11 is 0. The number of hydrogen-bond acceptors (Lipinski definition) is 3. The second-order valence-electron chi connectivity index (χ2n) is 6.24. The molecule has 2 bridgehead atoms. The number of fused-ring (bicyclic) bond motifs is 2. The third-order valence-corrected chi connectivity index (χ3v) is 4.93. The van der Waals surface area contributed by atoms with Gasteiger partial charge < -0.3 is 5.32 Å². The first-order valence-electron chi connectivity index (χ1n) is 7.88. The minimum atomic E-state index is -0.259. The molecule has 1 aromatic rings. The molecular formula is C17H22FN3. The van der Waals surface area contributed by atoms with Crippen LogP contribution in [0.4, 0.5) is 4.39 Å². The van der Waals surface area contributed by atoms with E-state index in [4.69, 9.17) is 0 Å². The molecule has 2 fully saturated rings. The molecule has 2 atom stereocenters. The largest absolute Gasteiger partial charge is 0.311 e. The zero-order chi connectivity index (χ0) is 14.8. The van der Waals surface area contributed by atoms with Crippen LogP contribution in [-0.4, -0.2) is 29.6 Å². The molecule has 2 aliphatic rings. The maximum atomic E-state index is 13.5. The molecular weight excluding hydrogens is 265 g/mol. The Morgan fingerprint density at radius 3 is 2.67 bits per heavy atom. The Balaban J connectivity index is 1.76. The van der Waals surface area contributed by atoms with Gasteiger partial charge >= 0.3 is 0 Å². The van der Waals surface area contributed by atoms with Gasteiger partial charge in [-0.3, -0.25) is 4.90 Å². The Bertz CT molecular complexity index is 539. The summed E-state index contributed by atoms with van der Waals surface area (Å²) < 4.78 is 13.5. The zero-order valence-corrected chi connectivity index (χ0v) is 12.5. The van der Waals surface area contributed by atoms with Crippen molar-refractivity contribution in [3.05, 3.63) is 35.1 Å². The van der Waals surface area contributed by atoms with E-state index in [1.807, 2.05) is 0 Å². The van der Waals surface area contributed by atoms with Crippen LogP contribution in [0.25, 0.3) is 0 Å². The summed E-state index contributed by atoms with van der Waals surface area (Å²) in [6.07, 6.45) is 4.90. The molecule has 0 spiro atoms. The molecule has 21 heavy (non-hydrogen) atoms.